The molecule has 5 rings (SSSR count). The molecule has 2 aromatic heterocycles. The Bertz CT molecular complexity index is 1000. The van der Waals surface area contributed by atoms with Gasteiger partial charge in [0.25, 0.3) is 0 Å². The van der Waals surface area contributed by atoms with Crippen molar-refractivity contribution in [1.82, 2.24) is 4.40 Å². The van der Waals surface area contributed by atoms with E-state index < -0.39 is 0 Å². The molecule has 0 bridgehead atoms. The standard InChI is InChI=1S/C18H11NS2/c1-2-7-15-14(6-1)20-16-9-8-12-11-19-10-4-3-5-13(19)17(12)18(16)21-15/h1-11H. The van der Waals surface area contributed by atoms with Crippen molar-refractivity contribution in [3.63, 3.8) is 0 Å². The Morgan fingerprint density at radius 3 is 2.43 bits per heavy atom. The number of aromatic nitrogens is 1. The predicted molar refractivity (Wildman–Crippen MR) is 89.6 cm³/mol. The average molecular weight is 305 g/mol. The first-order chi connectivity index (χ1) is 10.4. The Morgan fingerprint density at radius 1 is 0.714 bits per heavy atom. The van der Waals surface area contributed by atoms with Gasteiger partial charge >= 0.3 is 0 Å². The number of hydrogen-bond acceptors (Lipinski definition) is 2. The highest BCUT2D eigenvalue weighted by atomic mass is 32.2. The topological polar surface area (TPSA) is 4.41 Å². The third-order valence-corrected chi connectivity index (χ3v) is 6.46. The summed E-state index contributed by atoms with van der Waals surface area (Å²) in [5.41, 5.74) is 1.29. The fourth-order valence-electron chi connectivity index (χ4n) is 2.91. The second-order valence-corrected chi connectivity index (χ2v) is 7.27. The van der Waals surface area contributed by atoms with Crippen molar-refractivity contribution in [3.05, 3.63) is 67.0 Å². The van der Waals surface area contributed by atoms with Gasteiger partial charge in [-0.3, -0.25) is 0 Å². The molecule has 2 aromatic carbocycles. The van der Waals surface area contributed by atoms with E-state index in [0.29, 0.717) is 0 Å². The maximum atomic E-state index is 2.25. The number of pyridine rings is 1. The molecular weight excluding hydrogens is 294 g/mol. The van der Waals surface area contributed by atoms with Crippen molar-refractivity contribution in [2.24, 2.45) is 0 Å². The lowest BCUT2D eigenvalue weighted by molar-refractivity contribution is 1.18. The van der Waals surface area contributed by atoms with Crippen LogP contribution in [-0.4, -0.2) is 4.40 Å². The van der Waals surface area contributed by atoms with E-state index in [1.807, 2.05) is 23.5 Å². The zero-order chi connectivity index (χ0) is 13.8. The molecule has 0 saturated heterocycles. The van der Waals surface area contributed by atoms with E-state index in [1.165, 1.54) is 35.9 Å². The molecule has 0 saturated carbocycles. The summed E-state index contributed by atoms with van der Waals surface area (Å²) in [4.78, 5) is 5.48. The number of benzene rings is 2. The highest BCUT2D eigenvalue weighted by molar-refractivity contribution is 8.05. The number of rotatable bonds is 0. The van der Waals surface area contributed by atoms with Gasteiger partial charge in [-0.1, -0.05) is 47.8 Å². The van der Waals surface area contributed by atoms with Crippen LogP contribution in [0.3, 0.4) is 0 Å². The van der Waals surface area contributed by atoms with E-state index in [2.05, 4.69) is 71.4 Å². The molecule has 3 heterocycles. The lowest BCUT2D eigenvalue weighted by Gasteiger charge is -2.18. The molecule has 3 heteroatoms. The van der Waals surface area contributed by atoms with E-state index in [9.17, 15) is 0 Å². The van der Waals surface area contributed by atoms with Crippen LogP contribution >= 0.6 is 23.5 Å². The minimum Gasteiger partial charge on any atom is -0.323 e. The van der Waals surface area contributed by atoms with Crippen LogP contribution in [0.25, 0.3) is 16.3 Å². The van der Waals surface area contributed by atoms with Crippen molar-refractivity contribution in [1.29, 1.82) is 0 Å². The van der Waals surface area contributed by atoms with Crippen molar-refractivity contribution in [2.45, 2.75) is 19.6 Å². The quantitative estimate of drug-likeness (QED) is 0.361. The second-order valence-electron chi connectivity index (χ2n) is 5.13. The SMILES string of the molecule is c1ccc2c(c1)Sc1ccc3cn4ccccc4c3c1S2. The molecule has 0 spiro atoms. The van der Waals surface area contributed by atoms with Gasteiger partial charge in [0, 0.05) is 42.7 Å². The van der Waals surface area contributed by atoms with Crippen LogP contribution in [-0.2, 0) is 0 Å². The Labute approximate surface area is 131 Å². The monoisotopic (exact) mass is 305 g/mol. The fraction of sp³-hybridized carbons (Fsp3) is 0. The predicted octanol–water partition coefficient (Wildman–Crippen LogP) is 5.71. The van der Waals surface area contributed by atoms with Crippen molar-refractivity contribution in [3.8, 4) is 0 Å². The van der Waals surface area contributed by atoms with Crippen LogP contribution in [0.15, 0.2) is 86.6 Å². The lowest BCUT2D eigenvalue weighted by Crippen LogP contribution is -1.89. The van der Waals surface area contributed by atoms with Gasteiger partial charge in [-0.2, -0.15) is 0 Å². The van der Waals surface area contributed by atoms with E-state index in [-0.39, 0.29) is 0 Å². The fourth-order valence-corrected chi connectivity index (χ4v) is 5.32. The molecule has 1 aliphatic rings. The largest absolute Gasteiger partial charge is 0.323 e. The average Bonchev–Trinajstić information content (AvgIpc) is 2.92. The molecule has 0 atom stereocenters. The zero-order valence-corrected chi connectivity index (χ0v) is 12.7. The molecule has 0 amide bonds. The summed E-state index contributed by atoms with van der Waals surface area (Å²) < 4.78 is 2.22. The van der Waals surface area contributed by atoms with Gasteiger partial charge in [0.1, 0.15) is 0 Å². The molecule has 0 unspecified atom stereocenters. The molecule has 0 N–H and O–H groups in total. The third-order valence-electron chi connectivity index (χ3n) is 3.86. The molecule has 4 aromatic rings. The highest BCUT2D eigenvalue weighted by Gasteiger charge is 2.20. The first-order valence-corrected chi connectivity index (χ1v) is 8.50. The van der Waals surface area contributed by atoms with Gasteiger partial charge in [0.05, 0.1) is 5.52 Å². The van der Waals surface area contributed by atoms with Crippen LogP contribution in [0.1, 0.15) is 0 Å². The summed E-state index contributed by atoms with van der Waals surface area (Å²) in [5.74, 6) is 0. The molecule has 100 valence electrons. The van der Waals surface area contributed by atoms with E-state index in [0.717, 1.165) is 0 Å². The van der Waals surface area contributed by atoms with Crippen LogP contribution < -0.4 is 0 Å². The summed E-state index contributed by atoms with van der Waals surface area (Å²) >= 11 is 3.78. The Morgan fingerprint density at radius 2 is 1.52 bits per heavy atom. The van der Waals surface area contributed by atoms with Gasteiger partial charge in [0.2, 0.25) is 0 Å². The maximum Gasteiger partial charge on any atom is 0.0540 e. The lowest BCUT2D eigenvalue weighted by atomic mass is 10.2. The molecule has 0 aliphatic carbocycles. The smallest absolute Gasteiger partial charge is 0.0540 e. The van der Waals surface area contributed by atoms with Crippen molar-refractivity contribution in [2.75, 3.05) is 0 Å². The summed E-state index contributed by atoms with van der Waals surface area (Å²) in [6.45, 7) is 0. The minimum atomic E-state index is 1.29. The summed E-state index contributed by atoms with van der Waals surface area (Å²) in [6.07, 6.45) is 4.34. The maximum absolute atomic E-state index is 2.25. The van der Waals surface area contributed by atoms with Gasteiger partial charge in [-0.15, -0.1) is 0 Å². The van der Waals surface area contributed by atoms with Crippen LogP contribution in [0.5, 0.6) is 0 Å². The Balaban J connectivity index is 1.86. The molecule has 0 fully saturated rings. The minimum absolute atomic E-state index is 1.29. The van der Waals surface area contributed by atoms with Crippen LogP contribution in [0, 0.1) is 0 Å². The first-order valence-electron chi connectivity index (χ1n) is 6.87. The van der Waals surface area contributed by atoms with Crippen LogP contribution in [0.4, 0.5) is 0 Å². The highest BCUT2D eigenvalue weighted by Crippen LogP contribution is 2.51. The molecule has 21 heavy (non-hydrogen) atoms. The van der Waals surface area contributed by atoms with Crippen molar-refractivity contribution < 1.29 is 0 Å². The van der Waals surface area contributed by atoms with Crippen LogP contribution in [0.2, 0.25) is 0 Å². The first kappa shape index (κ1) is 11.8. The zero-order valence-electron chi connectivity index (χ0n) is 11.1. The second kappa shape index (κ2) is 4.33. The molecule has 1 nitrogen and oxygen atoms in total. The number of hydrogen-bond donors (Lipinski definition) is 0. The summed E-state index contributed by atoms with van der Waals surface area (Å²) in [5, 5.41) is 2.69. The molecule has 1 aliphatic heterocycles. The molecular formula is C18H11NS2. The summed E-state index contributed by atoms with van der Waals surface area (Å²) in [6, 6.07) is 19.5. The molecule has 0 radical (unpaired) electrons. The normalized spacial score (nSPS) is 13.3. The number of fused-ring (bicyclic) bond motifs is 6. The number of nitrogens with zero attached hydrogens (tertiary/aromatic N) is 1. The van der Waals surface area contributed by atoms with Gasteiger partial charge in [0.15, 0.2) is 0 Å². The Hall–Kier alpha value is -1.84. The Kier molecular flexibility index (Phi) is 2.43. The van der Waals surface area contributed by atoms with Crippen molar-refractivity contribution >= 4 is 39.8 Å². The van der Waals surface area contributed by atoms with E-state index in [4.69, 9.17) is 0 Å². The van der Waals surface area contributed by atoms with E-state index in [1.54, 1.807) is 0 Å². The van der Waals surface area contributed by atoms with E-state index >= 15 is 0 Å². The summed E-state index contributed by atoms with van der Waals surface area (Å²) in [7, 11) is 0. The van der Waals surface area contributed by atoms with Gasteiger partial charge < -0.3 is 4.40 Å². The van der Waals surface area contributed by atoms with Gasteiger partial charge in [-0.05, 0) is 30.3 Å². The van der Waals surface area contributed by atoms with Gasteiger partial charge in [-0.25, -0.2) is 0 Å². The third kappa shape index (κ3) is 1.68.